The number of hydrogen-bond acceptors (Lipinski definition) is 6. The molecule has 2 N–H and O–H groups in total. The smallest absolute Gasteiger partial charge is 0.387 e. The summed E-state index contributed by atoms with van der Waals surface area (Å²) in [4.78, 5) is 22.1. The Morgan fingerprint density at radius 2 is 1.87 bits per heavy atom. The van der Waals surface area contributed by atoms with E-state index in [1.54, 1.807) is 24.3 Å². The first-order valence-electron chi connectivity index (χ1n) is 9.26. The number of hydrogen-bond donors (Lipinski definition) is 2. The lowest BCUT2D eigenvalue weighted by molar-refractivity contribution is -0.384. The van der Waals surface area contributed by atoms with E-state index in [1.807, 2.05) is 0 Å². The van der Waals surface area contributed by atoms with E-state index in [0.29, 0.717) is 32.4 Å². The van der Waals surface area contributed by atoms with E-state index in [2.05, 4.69) is 15.4 Å². The number of carbonyl (C=O) groups excluding carboxylic acids is 1. The fraction of sp³-hybridized carbons (Fsp3) is 0.350. The monoisotopic (exact) mass is 423 g/mol. The van der Waals surface area contributed by atoms with Gasteiger partial charge in [0.25, 0.3) is 5.69 Å². The van der Waals surface area contributed by atoms with Crippen LogP contribution >= 0.6 is 0 Å². The summed E-state index contributed by atoms with van der Waals surface area (Å²) in [7, 11) is 1.37. The Morgan fingerprint density at radius 3 is 2.50 bits per heavy atom. The van der Waals surface area contributed by atoms with E-state index in [0.717, 1.165) is 11.3 Å². The van der Waals surface area contributed by atoms with Crippen molar-refractivity contribution in [3.8, 4) is 11.5 Å². The lowest BCUT2D eigenvalue weighted by atomic mass is 10.1. The molecular formula is C20H23F2N3O5. The summed E-state index contributed by atoms with van der Waals surface area (Å²) in [6.45, 7) is -1.99. The number of nitrogens with one attached hydrogen (secondary N) is 2. The van der Waals surface area contributed by atoms with Crippen LogP contribution in [0, 0.1) is 10.1 Å². The SMILES string of the molecule is COc1cc(CCNC(=O)CCCNc2ccc([N+](=O)[O-])cc2)ccc1OC(F)F. The molecule has 0 aromatic heterocycles. The molecule has 0 radical (unpaired) electrons. The Morgan fingerprint density at radius 1 is 1.13 bits per heavy atom. The number of nitro benzene ring substituents is 1. The zero-order chi connectivity index (χ0) is 21.9. The van der Waals surface area contributed by atoms with Crippen molar-refractivity contribution >= 4 is 17.3 Å². The van der Waals surface area contributed by atoms with E-state index >= 15 is 0 Å². The van der Waals surface area contributed by atoms with Gasteiger partial charge in [0.1, 0.15) is 0 Å². The van der Waals surface area contributed by atoms with Gasteiger partial charge in [-0.05, 0) is 42.7 Å². The van der Waals surface area contributed by atoms with Crippen molar-refractivity contribution in [1.82, 2.24) is 5.32 Å². The van der Waals surface area contributed by atoms with E-state index in [-0.39, 0.29) is 23.1 Å². The summed E-state index contributed by atoms with van der Waals surface area (Å²) in [6, 6.07) is 10.7. The maximum absolute atomic E-state index is 12.3. The van der Waals surface area contributed by atoms with Crippen LogP contribution in [0.25, 0.3) is 0 Å². The molecule has 0 atom stereocenters. The van der Waals surface area contributed by atoms with Crippen molar-refractivity contribution < 1.29 is 28.0 Å². The zero-order valence-electron chi connectivity index (χ0n) is 16.4. The van der Waals surface area contributed by atoms with Crippen LogP contribution in [0.15, 0.2) is 42.5 Å². The molecule has 0 aliphatic heterocycles. The lowest BCUT2D eigenvalue weighted by Gasteiger charge is -2.12. The quantitative estimate of drug-likeness (QED) is 0.306. The van der Waals surface area contributed by atoms with Gasteiger partial charge >= 0.3 is 6.61 Å². The first-order valence-corrected chi connectivity index (χ1v) is 9.26. The molecule has 0 spiro atoms. The number of halogens is 2. The maximum atomic E-state index is 12.3. The van der Waals surface area contributed by atoms with Gasteiger partial charge in [0.15, 0.2) is 11.5 Å². The highest BCUT2D eigenvalue weighted by atomic mass is 19.3. The number of methoxy groups -OCH3 is 1. The predicted molar refractivity (Wildman–Crippen MR) is 107 cm³/mol. The van der Waals surface area contributed by atoms with Gasteiger partial charge in [-0.1, -0.05) is 6.07 Å². The van der Waals surface area contributed by atoms with E-state index in [1.165, 1.54) is 25.3 Å². The van der Waals surface area contributed by atoms with Gasteiger partial charge in [-0.15, -0.1) is 0 Å². The third-order valence-corrected chi connectivity index (χ3v) is 4.17. The van der Waals surface area contributed by atoms with Gasteiger partial charge in [-0.25, -0.2) is 0 Å². The Balaban J connectivity index is 1.66. The molecule has 162 valence electrons. The normalized spacial score (nSPS) is 10.5. The van der Waals surface area contributed by atoms with E-state index in [4.69, 9.17) is 4.74 Å². The minimum atomic E-state index is -2.93. The summed E-state index contributed by atoms with van der Waals surface area (Å²) in [6.07, 6.45) is 1.43. The standard InChI is InChI=1S/C20H23F2N3O5/c1-29-18-13-14(4-9-17(18)30-20(21)22)10-12-24-19(26)3-2-11-23-15-5-7-16(8-6-15)25(27)28/h4-9,13,20,23H,2-3,10-12H2,1H3,(H,24,26). The van der Waals surface area contributed by atoms with Gasteiger partial charge in [-0.2, -0.15) is 8.78 Å². The van der Waals surface area contributed by atoms with Crippen molar-refractivity contribution in [1.29, 1.82) is 0 Å². The second-order valence-electron chi connectivity index (χ2n) is 6.30. The third kappa shape index (κ3) is 7.53. The Hall–Kier alpha value is -3.43. The Labute approximate surface area is 172 Å². The number of alkyl halides is 2. The second-order valence-corrected chi connectivity index (χ2v) is 6.30. The molecule has 2 aromatic carbocycles. The fourth-order valence-electron chi connectivity index (χ4n) is 2.68. The molecule has 2 rings (SSSR count). The van der Waals surface area contributed by atoms with Crippen LogP contribution in [0.3, 0.4) is 0 Å². The molecule has 8 nitrogen and oxygen atoms in total. The summed E-state index contributed by atoms with van der Waals surface area (Å²) in [5.74, 6) is 0.0578. The van der Waals surface area contributed by atoms with Crippen LogP contribution in [0.5, 0.6) is 11.5 Å². The molecule has 2 aromatic rings. The Bertz CT molecular complexity index is 847. The average Bonchev–Trinajstić information content (AvgIpc) is 2.72. The number of non-ortho nitro benzene ring substituents is 1. The van der Waals surface area contributed by atoms with Gasteiger partial charge in [0.2, 0.25) is 5.91 Å². The maximum Gasteiger partial charge on any atom is 0.387 e. The van der Waals surface area contributed by atoms with Crippen molar-refractivity contribution in [2.45, 2.75) is 25.9 Å². The summed E-state index contributed by atoms with van der Waals surface area (Å²) < 4.78 is 34.1. The summed E-state index contributed by atoms with van der Waals surface area (Å²) in [5, 5.41) is 16.5. The molecule has 0 fully saturated rings. The molecular weight excluding hydrogens is 400 g/mol. The molecule has 0 heterocycles. The summed E-state index contributed by atoms with van der Waals surface area (Å²) in [5.41, 5.74) is 1.58. The summed E-state index contributed by atoms with van der Waals surface area (Å²) >= 11 is 0. The van der Waals surface area contributed by atoms with Crippen molar-refractivity contribution in [2.75, 3.05) is 25.5 Å². The molecule has 1 amide bonds. The van der Waals surface area contributed by atoms with Crippen LogP contribution < -0.4 is 20.1 Å². The number of nitro groups is 1. The number of rotatable bonds is 12. The molecule has 0 aliphatic carbocycles. The van der Waals surface area contributed by atoms with Gasteiger partial charge in [-0.3, -0.25) is 14.9 Å². The van der Waals surface area contributed by atoms with Crippen molar-refractivity contribution in [2.24, 2.45) is 0 Å². The fourth-order valence-corrected chi connectivity index (χ4v) is 2.68. The number of amides is 1. The molecule has 10 heteroatoms. The van der Waals surface area contributed by atoms with Crippen LogP contribution in [-0.4, -0.2) is 37.6 Å². The first-order chi connectivity index (χ1) is 14.4. The third-order valence-electron chi connectivity index (χ3n) is 4.17. The number of ether oxygens (including phenoxy) is 2. The first kappa shape index (κ1) is 22.9. The molecule has 0 aliphatic rings. The number of anilines is 1. The van der Waals surface area contributed by atoms with Gasteiger partial charge in [0.05, 0.1) is 12.0 Å². The zero-order valence-corrected chi connectivity index (χ0v) is 16.4. The molecule has 0 saturated heterocycles. The van der Waals surface area contributed by atoms with Crippen LogP contribution in [0.2, 0.25) is 0 Å². The van der Waals surface area contributed by atoms with E-state index in [9.17, 15) is 23.7 Å². The molecule has 0 unspecified atom stereocenters. The largest absolute Gasteiger partial charge is 0.493 e. The highest BCUT2D eigenvalue weighted by molar-refractivity contribution is 5.75. The van der Waals surface area contributed by atoms with Crippen molar-refractivity contribution in [3.63, 3.8) is 0 Å². The number of benzene rings is 2. The molecule has 0 bridgehead atoms. The van der Waals surface area contributed by atoms with Gasteiger partial charge < -0.3 is 20.1 Å². The minimum absolute atomic E-state index is 0.0220. The second kappa shape index (κ2) is 11.5. The topological polar surface area (TPSA) is 103 Å². The highest BCUT2D eigenvalue weighted by Crippen LogP contribution is 2.29. The number of nitrogens with zero attached hydrogens (tertiary/aromatic N) is 1. The number of carbonyl (C=O) groups is 1. The van der Waals surface area contributed by atoms with Crippen LogP contribution in [0.4, 0.5) is 20.2 Å². The van der Waals surface area contributed by atoms with Gasteiger partial charge in [0, 0.05) is 37.3 Å². The Kier molecular flexibility index (Phi) is 8.79. The predicted octanol–water partition coefficient (Wildman–Crippen LogP) is 3.76. The van der Waals surface area contributed by atoms with Crippen LogP contribution in [-0.2, 0) is 11.2 Å². The minimum Gasteiger partial charge on any atom is -0.493 e. The lowest BCUT2D eigenvalue weighted by Crippen LogP contribution is -2.25. The van der Waals surface area contributed by atoms with Crippen molar-refractivity contribution in [3.05, 3.63) is 58.1 Å². The highest BCUT2D eigenvalue weighted by Gasteiger charge is 2.11. The van der Waals surface area contributed by atoms with E-state index < -0.39 is 11.5 Å². The molecule has 30 heavy (non-hydrogen) atoms. The van der Waals surface area contributed by atoms with Crippen LogP contribution in [0.1, 0.15) is 18.4 Å². The molecule has 0 saturated carbocycles. The average molecular weight is 423 g/mol.